The van der Waals surface area contributed by atoms with Crippen LogP contribution in [0.5, 0.6) is 0 Å². The summed E-state index contributed by atoms with van der Waals surface area (Å²) in [4.78, 5) is 13.8. The van der Waals surface area contributed by atoms with Gasteiger partial charge in [0.1, 0.15) is 15.8 Å². The van der Waals surface area contributed by atoms with Gasteiger partial charge in [0, 0.05) is 0 Å². The van der Waals surface area contributed by atoms with E-state index in [1.807, 2.05) is 0 Å². The van der Waals surface area contributed by atoms with Crippen LogP contribution in [0.1, 0.15) is 5.76 Å². The van der Waals surface area contributed by atoms with Crippen molar-refractivity contribution in [3.8, 4) is 0 Å². The van der Waals surface area contributed by atoms with Gasteiger partial charge in [0.05, 0.1) is 29.0 Å². The lowest BCUT2D eigenvalue weighted by atomic mass is 10.4. The van der Waals surface area contributed by atoms with Crippen LogP contribution in [-0.4, -0.2) is 9.91 Å². The van der Waals surface area contributed by atoms with Crippen molar-refractivity contribution in [2.45, 2.75) is 6.54 Å². The summed E-state index contributed by atoms with van der Waals surface area (Å²) in [5, 5.41) is 13.8. The summed E-state index contributed by atoms with van der Waals surface area (Å²) in [5.41, 5.74) is 0.727. The normalized spacial score (nSPS) is 10.3. The molecule has 0 spiro atoms. The molecule has 0 saturated heterocycles. The Hall–Kier alpha value is -1.60. The van der Waals surface area contributed by atoms with Crippen LogP contribution in [0.3, 0.4) is 0 Å². The lowest BCUT2D eigenvalue weighted by Crippen LogP contribution is -1.98. The first-order chi connectivity index (χ1) is 8.56. The number of rotatable bonds is 4. The second-order valence-electron chi connectivity index (χ2n) is 3.35. The van der Waals surface area contributed by atoms with Gasteiger partial charge in [0.25, 0.3) is 0 Å². The Bertz CT molecular complexity index is 587. The first-order valence-corrected chi connectivity index (χ1v) is 6.01. The average Bonchev–Trinajstić information content (AvgIpc) is 2.79. The Balaban J connectivity index is 2.02. The van der Waals surface area contributed by atoms with Gasteiger partial charge in [-0.05, 0) is 28.1 Å². The Labute approximate surface area is 115 Å². The minimum Gasteiger partial charge on any atom is -0.404 e. The standard InChI is InChI=1S/C10H7BrClN3O3/c11-8-3-6(4-14-10(8)12)13-5-7-1-2-9(18-7)15(16)17/h1-4,13H,5H2. The molecule has 18 heavy (non-hydrogen) atoms. The van der Waals surface area contributed by atoms with E-state index in [9.17, 15) is 10.1 Å². The summed E-state index contributed by atoms with van der Waals surface area (Å²) in [5.74, 6) is 0.190. The zero-order chi connectivity index (χ0) is 13.1. The van der Waals surface area contributed by atoms with Crippen molar-refractivity contribution >= 4 is 39.1 Å². The van der Waals surface area contributed by atoms with Gasteiger partial charge in [-0.3, -0.25) is 10.1 Å². The Morgan fingerprint density at radius 2 is 2.33 bits per heavy atom. The van der Waals surface area contributed by atoms with Crippen molar-refractivity contribution in [3.05, 3.63) is 49.9 Å². The van der Waals surface area contributed by atoms with Crippen molar-refractivity contribution < 1.29 is 9.34 Å². The van der Waals surface area contributed by atoms with E-state index < -0.39 is 4.92 Å². The van der Waals surface area contributed by atoms with E-state index in [2.05, 4.69) is 26.2 Å². The molecule has 1 N–H and O–H groups in total. The Morgan fingerprint density at radius 3 is 2.94 bits per heavy atom. The van der Waals surface area contributed by atoms with Gasteiger partial charge in [0.2, 0.25) is 0 Å². The van der Waals surface area contributed by atoms with E-state index in [-0.39, 0.29) is 5.88 Å². The molecule has 94 valence electrons. The predicted molar refractivity (Wildman–Crippen MR) is 69.6 cm³/mol. The minimum atomic E-state index is -0.579. The van der Waals surface area contributed by atoms with E-state index in [4.69, 9.17) is 16.0 Å². The molecule has 0 aliphatic heterocycles. The predicted octanol–water partition coefficient (Wildman–Crippen LogP) is 3.61. The number of pyridine rings is 1. The smallest absolute Gasteiger partial charge is 0.404 e. The summed E-state index contributed by atoms with van der Waals surface area (Å²) < 4.78 is 5.67. The zero-order valence-electron chi connectivity index (χ0n) is 8.89. The SMILES string of the molecule is O=[N+]([O-])c1ccc(CNc2cnc(Cl)c(Br)c2)o1. The first kappa shape index (κ1) is 12.8. The fourth-order valence-corrected chi connectivity index (χ4v) is 1.72. The molecular formula is C10H7BrClN3O3. The number of halogens is 2. The molecule has 0 aliphatic carbocycles. The number of nitro groups is 1. The first-order valence-electron chi connectivity index (χ1n) is 4.84. The highest BCUT2D eigenvalue weighted by molar-refractivity contribution is 9.10. The molecule has 0 bridgehead atoms. The number of furan rings is 1. The van der Waals surface area contributed by atoms with Crippen LogP contribution in [-0.2, 0) is 6.54 Å². The largest absolute Gasteiger partial charge is 0.433 e. The Kier molecular flexibility index (Phi) is 3.83. The average molecular weight is 333 g/mol. The van der Waals surface area contributed by atoms with Gasteiger partial charge < -0.3 is 9.73 Å². The molecule has 0 atom stereocenters. The lowest BCUT2D eigenvalue weighted by Gasteiger charge is -2.04. The molecule has 0 radical (unpaired) electrons. The maximum absolute atomic E-state index is 10.4. The second-order valence-corrected chi connectivity index (χ2v) is 4.56. The number of hydrogen-bond acceptors (Lipinski definition) is 5. The Morgan fingerprint density at radius 1 is 1.56 bits per heavy atom. The lowest BCUT2D eigenvalue weighted by molar-refractivity contribution is -0.402. The molecule has 0 saturated carbocycles. The quantitative estimate of drug-likeness (QED) is 0.525. The van der Waals surface area contributed by atoms with Crippen LogP contribution in [0.25, 0.3) is 0 Å². The van der Waals surface area contributed by atoms with Crippen LogP contribution in [0.2, 0.25) is 5.15 Å². The van der Waals surface area contributed by atoms with Gasteiger partial charge in [-0.25, -0.2) is 4.98 Å². The fraction of sp³-hybridized carbons (Fsp3) is 0.100. The van der Waals surface area contributed by atoms with Gasteiger partial charge in [-0.2, -0.15) is 0 Å². The molecule has 2 heterocycles. The van der Waals surface area contributed by atoms with Crippen molar-refractivity contribution in [2.75, 3.05) is 5.32 Å². The number of nitrogens with one attached hydrogen (secondary N) is 1. The molecule has 2 rings (SSSR count). The maximum Gasteiger partial charge on any atom is 0.433 e. The second kappa shape index (κ2) is 5.36. The van der Waals surface area contributed by atoms with Gasteiger partial charge in [0.15, 0.2) is 0 Å². The maximum atomic E-state index is 10.4. The highest BCUT2D eigenvalue weighted by Crippen LogP contribution is 2.23. The van der Waals surface area contributed by atoms with Crippen molar-refractivity contribution in [3.63, 3.8) is 0 Å². The van der Waals surface area contributed by atoms with Crippen LogP contribution >= 0.6 is 27.5 Å². The van der Waals surface area contributed by atoms with Crippen LogP contribution in [0.4, 0.5) is 11.6 Å². The zero-order valence-corrected chi connectivity index (χ0v) is 11.2. The molecular weight excluding hydrogens is 325 g/mol. The topological polar surface area (TPSA) is 81.2 Å². The summed E-state index contributed by atoms with van der Waals surface area (Å²) in [7, 11) is 0. The number of anilines is 1. The molecule has 2 aromatic heterocycles. The van der Waals surface area contributed by atoms with Crippen molar-refractivity contribution in [1.29, 1.82) is 0 Å². The third-order valence-corrected chi connectivity index (χ3v) is 3.22. The molecule has 0 unspecified atom stereocenters. The van der Waals surface area contributed by atoms with Crippen LogP contribution < -0.4 is 5.32 Å². The molecule has 0 amide bonds. The highest BCUT2D eigenvalue weighted by atomic mass is 79.9. The molecule has 6 nitrogen and oxygen atoms in total. The van der Waals surface area contributed by atoms with E-state index >= 15 is 0 Å². The van der Waals surface area contributed by atoms with E-state index in [1.165, 1.54) is 6.07 Å². The third kappa shape index (κ3) is 2.99. The molecule has 2 aromatic rings. The number of aromatic nitrogens is 1. The van der Waals surface area contributed by atoms with Gasteiger partial charge >= 0.3 is 5.88 Å². The van der Waals surface area contributed by atoms with Crippen molar-refractivity contribution in [1.82, 2.24) is 4.98 Å². The van der Waals surface area contributed by atoms with Gasteiger partial charge in [-0.15, -0.1) is 0 Å². The molecule has 0 fully saturated rings. The van der Waals surface area contributed by atoms with Crippen LogP contribution in [0, 0.1) is 10.1 Å². The minimum absolute atomic E-state index is 0.276. The van der Waals surface area contributed by atoms with Crippen molar-refractivity contribution in [2.24, 2.45) is 0 Å². The van der Waals surface area contributed by atoms with E-state index in [1.54, 1.807) is 18.3 Å². The van der Waals surface area contributed by atoms with Gasteiger partial charge in [-0.1, -0.05) is 11.6 Å². The van der Waals surface area contributed by atoms with E-state index in [0.29, 0.717) is 21.9 Å². The number of nitrogens with zero attached hydrogens (tertiary/aromatic N) is 2. The summed E-state index contributed by atoms with van der Waals surface area (Å²) in [6, 6.07) is 4.61. The number of hydrogen-bond donors (Lipinski definition) is 1. The monoisotopic (exact) mass is 331 g/mol. The molecule has 8 heteroatoms. The van der Waals surface area contributed by atoms with Crippen LogP contribution in [0.15, 0.2) is 33.3 Å². The highest BCUT2D eigenvalue weighted by Gasteiger charge is 2.11. The summed E-state index contributed by atoms with van der Waals surface area (Å²) in [6.45, 7) is 0.323. The van der Waals surface area contributed by atoms with E-state index in [0.717, 1.165) is 5.69 Å². The fourth-order valence-electron chi connectivity index (χ4n) is 1.27. The third-order valence-electron chi connectivity index (χ3n) is 2.09. The molecule has 0 aliphatic rings. The molecule has 0 aromatic carbocycles. The summed E-state index contributed by atoms with van der Waals surface area (Å²) >= 11 is 9.01. The summed E-state index contributed by atoms with van der Waals surface area (Å²) in [6.07, 6.45) is 1.56.